The van der Waals surface area contributed by atoms with E-state index >= 15 is 0 Å². The molecule has 100 valence electrons. The largest absolute Gasteiger partial charge is 0.271 e. The molecule has 0 saturated heterocycles. The summed E-state index contributed by atoms with van der Waals surface area (Å²) < 4.78 is 0. The molecule has 0 aliphatic rings. The molecule has 1 atom stereocenters. The van der Waals surface area contributed by atoms with E-state index in [0.29, 0.717) is 10.0 Å². The maximum absolute atomic E-state index is 6.20. The molecule has 0 aromatic heterocycles. The lowest BCUT2D eigenvalue weighted by Gasteiger charge is -2.18. The van der Waals surface area contributed by atoms with Gasteiger partial charge < -0.3 is 0 Å². The van der Waals surface area contributed by atoms with Gasteiger partial charge in [-0.1, -0.05) is 53.5 Å². The minimum atomic E-state index is -0.00796. The molecular weight excluding hydrogens is 279 g/mol. The maximum Gasteiger partial charge on any atom is 0.0478 e. The van der Waals surface area contributed by atoms with Crippen molar-refractivity contribution in [3.8, 4) is 0 Å². The van der Waals surface area contributed by atoms with Gasteiger partial charge in [0.15, 0.2) is 0 Å². The number of hydrazine groups is 1. The van der Waals surface area contributed by atoms with Gasteiger partial charge in [0.05, 0.1) is 0 Å². The molecule has 0 spiro atoms. The second kappa shape index (κ2) is 6.92. The van der Waals surface area contributed by atoms with Crippen molar-refractivity contribution in [3.63, 3.8) is 0 Å². The molecule has 0 saturated carbocycles. The van der Waals surface area contributed by atoms with E-state index in [1.165, 1.54) is 5.56 Å². The minimum absolute atomic E-state index is 0.00796. The Balaban J connectivity index is 2.10. The fourth-order valence-corrected chi connectivity index (χ4v) is 2.50. The van der Waals surface area contributed by atoms with Crippen LogP contribution in [0.5, 0.6) is 0 Å². The van der Waals surface area contributed by atoms with Gasteiger partial charge in [-0.15, -0.1) is 0 Å². The molecular formula is C15H16Cl2N2. The first-order valence-corrected chi connectivity index (χ1v) is 6.91. The highest BCUT2D eigenvalue weighted by molar-refractivity contribution is 6.33. The topological polar surface area (TPSA) is 38.0 Å². The highest BCUT2D eigenvalue weighted by Gasteiger charge is 2.13. The van der Waals surface area contributed by atoms with E-state index < -0.39 is 0 Å². The van der Waals surface area contributed by atoms with Crippen molar-refractivity contribution < 1.29 is 0 Å². The number of nitrogens with one attached hydrogen (secondary N) is 1. The van der Waals surface area contributed by atoms with Crippen LogP contribution in [-0.4, -0.2) is 0 Å². The lowest BCUT2D eigenvalue weighted by atomic mass is 9.99. The summed E-state index contributed by atoms with van der Waals surface area (Å²) >= 11 is 12.2. The molecule has 2 aromatic rings. The lowest BCUT2D eigenvalue weighted by molar-refractivity contribution is 0.516. The first kappa shape index (κ1) is 14.4. The predicted molar refractivity (Wildman–Crippen MR) is 81.3 cm³/mol. The van der Waals surface area contributed by atoms with Gasteiger partial charge in [0.1, 0.15) is 0 Å². The molecule has 2 rings (SSSR count). The fraction of sp³-hybridized carbons (Fsp3) is 0.200. The molecule has 0 fully saturated rings. The zero-order valence-electron chi connectivity index (χ0n) is 10.4. The molecule has 0 aliphatic heterocycles. The van der Waals surface area contributed by atoms with Gasteiger partial charge in [0.2, 0.25) is 0 Å². The fourth-order valence-electron chi connectivity index (χ4n) is 2.07. The van der Waals surface area contributed by atoms with Crippen LogP contribution in [0.25, 0.3) is 0 Å². The third-order valence-electron chi connectivity index (χ3n) is 3.10. The summed E-state index contributed by atoms with van der Waals surface area (Å²) in [5.41, 5.74) is 5.03. The van der Waals surface area contributed by atoms with E-state index in [2.05, 4.69) is 17.6 Å². The molecule has 3 N–H and O–H groups in total. The van der Waals surface area contributed by atoms with E-state index in [0.717, 1.165) is 18.4 Å². The summed E-state index contributed by atoms with van der Waals surface area (Å²) in [5.74, 6) is 5.64. The summed E-state index contributed by atoms with van der Waals surface area (Å²) in [5, 5.41) is 1.35. The van der Waals surface area contributed by atoms with Crippen LogP contribution in [-0.2, 0) is 6.42 Å². The van der Waals surface area contributed by atoms with Gasteiger partial charge in [-0.2, -0.15) is 0 Å². The van der Waals surface area contributed by atoms with Gasteiger partial charge in [-0.05, 0) is 42.2 Å². The van der Waals surface area contributed by atoms with Crippen LogP contribution in [0.15, 0.2) is 48.5 Å². The Labute approximate surface area is 123 Å². The summed E-state index contributed by atoms with van der Waals surface area (Å²) in [4.78, 5) is 0. The Morgan fingerprint density at radius 2 is 1.79 bits per heavy atom. The second-order valence-electron chi connectivity index (χ2n) is 4.41. The molecule has 1 unspecified atom stereocenters. The van der Waals surface area contributed by atoms with E-state index in [-0.39, 0.29) is 6.04 Å². The van der Waals surface area contributed by atoms with Crippen LogP contribution in [0.2, 0.25) is 10.0 Å². The standard InChI is InChI=1S/C15H16Cl2N2/c16-12-7-8-14(17)13(10-12)15(19-18)9-6-11-4-2-1-3-5-11/h1-5,7-8,10,15,19H,6,9,18H2. The van der Waals surface area contributed by atoms with Crippen molar-refractivity contribution in [3.05, 3.63) is 69.7 Å². The Bertz CT molecular complexity index is 529. The van der Waals surface area contributed by atoms with Crippen LogP contribution in [0.4, 0.5) is 0 Å². The first-order valence-electron chi connectivity index (χ1n) is 6.15. The molecule has 19 heavy (non-hydrogen) atoms. The predicted octanol–water partition coefficient (Wildman–Crippen LogP) is 4.13. The monoisotopic (exact) mass is 294 g/mol. The Morgan fingerprint density at radius 3 is 2.47 bits per heavy atom. The minimum Gasteiger partial charge on any atom is -0.271 e. The average Bonchev–Trinajstić information content (AvgIpc) is 2.44. The number of rotatable bonds is 5. The molecule has 0 heterocycles. The molecule has 0 aliphatic carbocycles. The van der Waals surface area contributed by atoms with Gasteiger partial charge in [-0.3, -0.25) is 11.3 Å². The molecule has 0 radical (unpaired) electrons. The molecule has 2 aromatic carbocycles. The van der Waals surface area contributed by atoms with Crippen molar-refractivity contribution in [2.24, 2.45) is 5.84 Å². The zero-order valence-corrected chi connectivity index (χ0v) is 12.0. The second-order valence-corrected chi connectivity index (χ2v) is 5.25. The summed E-state index contributed by atoms with van der Waals surface area (Å²) in [6, 6.07) is 15.7. The smallest absolute Gasteiger partial charge is 0.0478 e. The maximum atomic E-state index is 6.20. The van der Waals surface area contributed by atoms with Crippen LogP contribution < -0.4 is 11.3 Å². The van der Waals surface area contributed by atoms with Crippen molar-refractivity contribution in [2.45, 2.75) is 18.9 Å². The quantitative estimate of drug-likeness (QED) is 0.643. The van der Waals surface area contributed by atoms with E-state index in [1.807, 2.05) is 24.3 Å². The summed E-state index contributed by atoms with van der Waals surface area (Å²) in [6.07, 6.45) is 1.79. The Kier molecular flexibility index (Phi) is 5.23. The Hall–Kier alpha value is -1.06. The number of halogens is 2. The number of hydrogen-bond acceptors (Lipinski definition) is 2. The molecule has 2 nitrogen and oxygen atoms in total. The van der Waals surface area contributed by atoms with E-state index in [1.54, 1.807) is 12.1 Å². The SMILES string of the molecule is NNC(CCc1ccccc1)c1cc(Cl)ccc1Cl. The molecule has 0 amide bonds. The number of hydrogen-bond donors (Lipinski definition) is 2. The van der Waals surface area contributed by atoms with Gasteiger partial charge in [-0.25, -0.2) is 0 Å². The summed E-state index contributed by atoms with van der Waals surface area (Å²) in [7, 11) is 0. The van der Waals surface area contributed by atoms with Gasteiger partial charge >= 0.3 is 0 Å². The summed E-state index contributed by atoms with van der Waals surface area (Å²) in [6.45, 7) is 0. The molecule has 0 bridgehead atoms. The van der Waals surface area contributed by atoms with Gasteiger partial charge in [0, 0.05) is 16.1 Å². The van der Waals surface area contributed by atoms with Gasteiger partial charge in [0.25, 0.3) is 0 Å². The van der Waals surface area contributed by atoms with Crippen LogP contribution >= 0.6 is 23.2 Å². The van der Waals surface area contributed by atoms with E-state index in [9.17, 15) is 0 Å². The normalized spacial score (nSPS) is 12.4. The number of aryl methyl sites for hydroxylation is 1. The number of benzene rings is 2. The third-order valence-corrected chi connectivity index (χ3v) is 3.68. The lowest BCUT2D eigenvalue weighted by Crippen LogP contribution is -2.28. The van der Waals surface area contributed by atoms with Crippen LogP contribution in [0.1, 0.15) is 23.6 Å². The van der Waals surface area contributed by atoms with Crippen LogP contribution in [0.3, 0.4) is 0 Å². The third kappa shape index (κ3) is 3.95. The van der Waals surface area contributed by atoms with E-state index in [4.69, 9.17) is 29.0 Å². The first-order chi connectivity index (χ1) is 9.20. The van der Waals surface area contributed by atoms with Crippen molar-refractivity contribution in [1.82, 2.24) is 5.43 Å². The highest BCUT2D eigenvalue weighted by atomic mass is 35.5. The van der Waals surface area contributed by atoms with Crippen molar-refractivity contribution in [2.75, 3.05) is 0 Å². The van der Waals surface area contributed by atoms with Crippen LogP contribution in [0, 0.1) is 0 Å². The zero-order chi connectivity index (χ0) is 13.7. The van der Waals surface area contributed by atoms with Crippen molar-refractivity contribution >= 4 is 23.2 Å². The number of nitrogens with two attached hydrogens (primary N) is 1. The molecule has 4 heteroatoms. The Morgan fingerprint density at radius 1 is 1.05 bits per heavy atom. The highest BCUT2D eigenvalue weighted by Crippen LogP contribution is 2.28. The van der Waals surface area contributed by atoms with Crippen molar-refractivity contribution in [1.29, 1.82) is 0 Å². The average molecular weight is 295 g/mol.